The standard InChI is InChI=1S/C21H25NO3/c1-16-6-5-9-18(14-16)10-12-20(23)22-19(11-13-21(24)25)15-17-7-3-2-4-8-17/h2-9,14,19H,10-13,15H2,1H3,(H,22,23)(H,24,25). The summed E-state index contributed by atoms with van der Waals surface area (Å²) in [5, 5.41) is 11.9. The fourth-order valence-corrected chi connectivity index (χ4v) is 2.85. The van der Waals surface area contributed by atoms with Crippen LogP contribution in [0.4, 0.5) is 0 Å². The van der Waals surface area contributed by atoms with Crippen LogP contribution in [0.25, 0.3) is 0 Å². The molecule has 2 aromatic rings. The van der Waals surface area contributed by atoms with Crippen LogP contribution in [0.2, 0.25) is 0 Å². The first-order valence-corrected chi connectivity index (χ1v) is 8.63. The van der Waals surface area contributed by atoms with E-state index in [2.05, 4.69) is 11.4 Å². The van der Waals surface area contributed by atoms with Crippen molar-refractivity contribution in [2.45, 2.75) is 45.1 Å². The monoisotopic (exact) mass is 339 g/mol. The van der Waals surface area contributed by atoms with Crippen molar-refractivity contribution in [2.24, 2.45) is 0 Å². The van der Waals surface area contributed by atoms with Crippen LogP contribution >= 0.6 is 0 Å². The van der Waals surface area contributed by atoms with Gasteiger partial charge in [-0.15, -0.1) is 0 Å². The first-order chi connectivity index (χ1) is 12.0. The Morgan fingerprint density at radius 2 is 1.72 bits per heavy atom. The van der Waals surface area contributed by atoms with E-state index in [0.717, 1.165) is 11.1 Å². The fourth-order valence-electron chi connectivity index (χ4n) is 2.85. The number of aliphatic carboxylic acids is 1. The third-order valence-corrected chi connectivity index (χ3v) is 4.12. The Hall–Kier alpha value is -2.62. The Kier molecular flexibility index (Phi) is 7.20. The molecule has 2 rings (SSSR count). The molecule has 0 aromatic heterocycles. The lowest BCUT2D eigenvalue weighted by Crippen LogP contribution is -2.37. The lowest BCUT2D eigenvalue weighted by atomic mass is 10.0. The number of benzene rings is 2. The van der Waals surface area contributed by atoms with Crippen LogP contribution in [0.1, 0.15) is 36.0 Å². The van der Waals surface area contributed by atoms with Gasteiger partial charge in [-0.1, -0.05) is 60.2 Å². The fraction of sp³-hybridized carbons (Fsp3) is 0.333. The van der Waals surface area contributed by atoms with Gasteiger partial charge in [0.25, 0.3) is 0 Å². The Labute approximate surface area is 148 Å². The van der Waals surface area contributed by atoms with Crippen LogP contribution in [0.5, 0.6) is 0 Å². The van der Waals surface area contributed by atoms with Crippen molar-refractivity contribution in [1.29, 1.82) is 0 Å². The molecule has 0 heterocycles. The smallest absolute Gasteiger partial charge is 0.303 e. The molecule has 0 bridgehead atoms. The van der Waals surface area contributed by atoms with E-state index in [1.165, 1.54) is 5.56 Å². The molecule has 0 radical (unpaired) electrons. The molecule has 1 amide bonds. The predicted octanol–water partition coefficient (Wildman–Crippen LogP) is 3.52. The number of carboxylic acid groups (broad SMARTS) is 1. The van der Waals surface area contributed by atoms with Gasteiger partial charge in [0.05, 0.1) is 0 Å². The molecule has 132 valence electrons. The third kappa shape index (κ3) is 7.21. The maximum absolute atomic E-state index is 12.3. The van der Waals surface area contributed by atoms with Crippen LogP contribution in [-0.2, 0) is 22.4 Å². The van der Waals surface area contributed by atoms with E-state index < -0.39 is 5.97 Å². The zero-order valence-corrected chi connectivity index (χ0v) is 14.6. The molecule has 4 heteroatoms. The van der Waals surface area contributed by atoms with E-state index in [1.54, 1.807) is 0 Å². The molecule has 0 saturated heterocycles. The van der Waals surface area contributed by atoms with Gasteiger partial charge in [0.1, 0.15) is 0 Å². The van der Waals surface area contributed by atoms with Crippen molar-refractivity contribution in [3.05, 3.63) is 71.3 Å². The lowest BCUT2D eigenvalue weighted by Gasteiger charge is -2.18. The van der Waals surface area contributed by atoms with Crippen molar-refractivity contribution >= 4 is 11.9 Å². The average molecular weight is 339 g/mol. The largest absolute Gasteiger partial charge is 0.481 e. The summed E-state index contributed by atoms with van der Waals surface area (Å²) in [6.45, 7) is 2.03. The molecule has 2 N–H and O–H groups in total. The van der Waals surface area contributed by atoms with E-state index in [-0.39, 0.29) is 18.4 Å². The summed E-state index contributed by atoms with van der Waals surface area (Å²) in [5.41, 5.74) is 3.42. The summed E-state index contributed by atoms with van der Waals surface area (Å²) >= 11 is 0. The zero-order valence-electron chi connectivity index (χ0n) is 14.6. The van der Waals surface area contributed by atoms with Gasteiger partial charge in [0.15, 0.2) is 0 Å². The van der Waals surface area contributed by atoms with Crippen molar-refractivity contribution in [1.82, 2.24) is 5.32 Å². The second-order valence-corrected chi connectivity index (χ2v) is 6.38. The van der Waals surface area contributed by atoms with Gasteiger partial charge in [-0.25, -0.2) is 0 Å². The Morgan fingerprint density at radius 1 is 1.00 bits per heavy atom. The highest BCUT2D eigenvalue weighted by atomic mass is 16.4. The number of carbonyl (C=O) groups excluding carboxylic acids is 1. The summed E-state index contributed by atoms with van der Waals surface area (Å²) in [5.74, 6) is -0.875. The number of amides is 1. The molecule has 1 atom stereocenters. The highest BCUT2D eigenvalue weighted by Gasteiger charge is 2.15. The van der Waals surface area contributed by atoms with Gasteiger partial charge >= 0.3 is 5.97 Å². The molecule has 2 aromatic carbocycles. The molecule has 0 aliphatic heterocycles. The molecule has 0 fully saturated rings. The van der Waals surface area contributed by atoms with Crippen molar-refractivity contribution < 1.29 is 14.7 Å². The number of nitrogens with one attached hydrogen (secondary N) is 1. The minimum absolute atomic E-state index is 0.0344. The Bertz CT molecular complexity index is 697. The van der Waals surface area contributed by atoms with Gasteiger partial charge in [0.2, 0.25) is 5.91 Å². The van der Waals surface area contributed by atoms with Crippen molar-refractivity contribution in [3.8, 4) is 0 Å². The highest BCUT2D eigenvalue weighted by Crippen LogP contribution is 2.10. The van der Waals surface area contributed by atoms with Gasteiger partial charge in [-0.2, -0.15) is 0 Å². The van der Waals surface area contributed by atoms with Gasteiger partial charge in [-0.05, 0) is 37.3 Å². The molecule has 0 spiro atoms. The third-order valence-electron chi connectivity index (χ3n) is 4.12. The number of rotatable bonds is 9. The van der Waals surface area contributed by atoms with Gasteiger partial charge in [0, 0.05) is 18.9 Å². The van der Waals surface area contributed by atoms with Crippen molar-refractivity contribution in [2.75, 3.05) is 0 Å². The molecule has 0 aliphatic carbocycles. The number of hydrogen-bond donors (Lipinski definition) is 2. The summed E-state index contributed by atoms with van der Waals surface area (Å²) in [6, 6.07) is 17.8. The first-order valence-electron chi connectivity index (χ1n) is 8.63. The highest BCUT2D eigenvalue weighted by molar-refractivity contribution is 5.76. The van der Waals surface area contributed by atoms with Crippen LogP contribution in [-0.4, -0.2) is 23.0 Å². The van der Waals surface area contributed by atoms with E-state index in [0.29, 0.717) is 25.7 Å². The molecule has 0 aliphatic rings. The van der Waals surface area contributed by atoms with E-state index in [1.807, 2.05) is 55.5 Å². The molecular formula is C21H25NO3. The molecule has 25 heavy (non-hydrogen) atoms. The normalized spacial score (nSPS) is 11.7. The molecule has 4 nitrogen and oxygen atoms in total. The summed E-state index contributed by atoms with van der Waals surface area (Å²) in [4.78, 5) is 23.2. The van der Waals surface area contributed by atoms with Crippen molar-refractivity contribution in [3.63, 3.8) is 0 Å². The molecular weight excluding hydrogens is 314 g/mol. The van der Waals surface area contributed by atoms with Crippen LogP contribution in [0.15, 0.2) is 54.6 Å². The quantitative estimate of drug-likeness (QED) is 0.734. The summed E-state index contributed by atoms with van der Waals surface area (Å²) in [6.07, 6.45) is 2.21. The number of hydrogen-bond acceptors (Lipinski definition) is 2. The summed E-state index contributed by atoms with van der Waals surface area (Å²) in [7, 11) is 0. The second-order valence-electron chi connectivity index (χ2n) is 6.38. The SMILES string of the molecule is Cc1cccc(CCC(=O)NC(CCC(=O)O)Cc2ccccc2)c1. The topological polar surface area (TPSA) is 66.4 Å². The van der Waals surface area contributed by atoms with Crippen LogP contribution in [0, 0.1) is 6.92 Å². The average Bonchev–Trinajstić information content (AvgIpc) is 2.59. The number of carbonyl (C=O) groups is 2. The van der Waals surface area contributed by atoms with Crippen LogP contribution in [0.3, 0.4) is 0 Å². The Balaban J connectivity index is 1.90. The first kappa shape index (κ1) is 18.7. The zero-order chi connectivity index (χ0) is 18.1. The van der Waals surface area contributed by atoms with Crippen LogP contribution < -0.4 is 5.32 Å². The van der Waals surface area contributed by atoms with E-state index >= 15 is 0 Å². The predicted molar refractivity (Wildman–Crippen MR) is 98.4 cm³/mol. The number of carboxylic acids is 1. The van der Waals surface area contributed by atoms with E-state index in [4.69, 9.17) is 5.11 Å². The van der Waals surface area contributed by atoms with Gasteiger partial charge < -0.3 is 10.4 Å². The minimum atomic E-state index is -0.841. The minimum Gasteiger partial charge on any atom is -0.481 e. The number of aryl methyl sites for hydroxylation is 2. The maximum Gasteiger partial charge on any atom is 0.303 e. The molecule has 0 saturated carbocycles. The maximum atomic E-state index is 12.3. The Morgan fingerprint density at radius 3 is 2.40 bits per heavy atom. The van der Waals surface area contributed by atoms with E-state index in [9.17, 15) is 9.59 Å². The van der Waals surface area contributed by atoms with Gasteiger partial charge in [-0.3, -0.25) is 9.59 Å². The molecule has 1 unspecified atom stereocenters. The lowest BCUT2D eigenvalue weighted by molar-refractivity contribution is -0.137. The summed E-state index contributed by atoms with van der Waals surface area (Å²) < 4.78 is 0. The second kappa shape index (κ2) is 9.62.